The van der Waals surface area contributed by atoms with E-state index in [2.05, 4.69) is 6.92 Å². The number of rotatable bonds is 1. The predicted octanol–water partition coefficient (Wildman–Crippen LogP) is 2.32. The number of hydrogen-bond acceptors (Lipinski definition) is 1. The Labute approximate surface area is 62.1 Å². The third-order valence-corrected chi connectivity index (χ3v) is 2.17. The summed E-state index contributed by atoms with van der Waals surface area (Å²) < 4.78 is 0. The number of allylic oxidation sites excluding steroid dienone is 2. The summed E-state index contributed by atoms with van der Waals surface area (Å²) in [5.41, 5.74) is 1.25. The van der Waals surface area contributed by atoms with Crippen molar-refractivity contribution in [2.75, 3.05) is 0 Å². The Morgan fingerprint density at radius 1 is 1.70 bits per heavy atom. The molecule has 0 heterocycles. The molecule has 1 rings (SSSR count). The van der Waals surface area contributed by atoms with E-state index in [0.29, 0.717) is 11.7 Å². The average molecular weight is 138 g/mol. The van der Waals surface area contributed by atoms with Gasteiger partial charge >= 0.3 is 0 Å². The summed E-state index contributed by atoms with van der Waals surface area (Å²) in [6.45, 7) is 4.11. The highest BCUT2D eigenvalue weighted by Gasteiger charge is 2.17. The van der Waals surface area contributed by atoms with Crippen molar-refractivity contribution in [1.82, 2.24) is 0 Å². The van der Waals surface area contributed by atoms with Gasteiger partial charge in [-0.1, -0.05) is 12.5 Å². The third-order valence-electron chi connectivity index (χ3n) is 2.17. The third kappa shape index (κ3) is 1.47. The van der Waals surface area contributed by atoms with E-state index in [-0.39, 0.29) is 0 Å². The molecule has 0 saturated carbocycles. The first-order valence-electron chi connectivity index (χ1n) is 3.95. The Morgan fingerprint density at radius 3 is 2.90 bits per heavy atom. The van der Waals surface area contributed by atoms with Crippen LogP contribution < -0.4 is 0 Å². The Morgan fingerprint density at radius 2 is 2.40 bits per heavy atom. The van der Waals surface area contributed by atoms with Crippen LogP contribution in [0.5, 0.6) is 0 Å². The minimum Gasteiger partial charge on any atom is -0.295 e. The summed E-state index contributed by atoms with van der Waals surface area (Å²) in [6.07, 6.45) is 4.99. The van der Waals surface area contributed by atoms with Crippen LogP contribution >= 0.6 is 0 Å². The van der Waals surface area contributed by atoms with Gasteiger partial charge in [-0.2, -0.15) is 0 Å². The topological polar surface area (TPSA) is 17.1 Å². The maximum absolute atomic E-state index is 11.2. The highest BCUT2D eigenvalue weighted by atomic mass is 16.1. The van der Waals surface area contributed by atoms with Crippen molar-refractivity contribution in [1.29, 1.82) is 0 Å². The van der Waals surface area contributed by atoms with Crippen LogP contribution in [-0.4, -0.2) is 5.78 Å². The molecule has 0 bridgehead atoms. The minimum atomic E-state index is 0.323. The van der Waals surface area contributed by atoms with Gasteiger partial charge in [0.2, 0.25) is 0 Å². The molecule has 0 saturated heterocycles. The summed E-state index contributed by atoms with van der Waals surface area (Å²) in [5, 5.41) is 0. The molecule has 0 aromatic carbocycles. The summed E-state index contributed by atoms with van der Waals surface area (Å²) in [5.74, 6) is 0.662. The highest BCUT2D eigenvalue weighted by molar-refractivity contribution is 5.93. The van der Waals surface area contributed by atoms with E-state index in [9.17, 15) is 4.79 Å². The summed E-state index contributed by atoms with van der Waals surface area (Å²) in [6, 6.07) is 0. The molecule has 1 aliphatic carbocycles. The summed E-state index contributed by atoms with van der Waals surface area (Å²) in [4.78, 5) is 11.2. The fourth-order valence-corrected chi connectivity index (χ4v) is 1.38. The largest absolute Gasteiger partial charge is 0.295 e. The van der Waals surface area contributed by atoms with Gasteiger partial charge in [0, 0.05) is 5.92 Å². The molecule has 0 aromatic heterocycles. The van der Waals surface area contributed by atoms with Crippen molar-refractivity contribution in [2.45, 2.75) is 33.1 Å². The summed E-state index contributed by atoms with van der Waals surface area (Å²) >= 11 is 0. The van der Waals surface area contributed by atoms with Gasteiger partial charge in [-0.05, 0) is 32.3 Å². The standard InChI is InChI=1S/C9H14O/c1-3-8-5-4-7(2)6-9(8)10/h6,8H,3-5H2,1-2H3. The molecule has 0 aromatic rings. The second kappa shape index (κ2) is 3.00. The maximum Gasteiger partial charge on any atom is 0.158 e. The van der Waals surface area contributed by atoms with Gasteiger partial charge in [0.1, 0.15) is 0 Å². The van der Waals surface area contributed by atoms with Gasteiger partial charge in [0.15, 0.2) is 5.78 Å². The maximum atomic E-state index is 11.2. The molecule has 1 aliphatic rings. The summed E-state index contributed by atoms with van der Waals surface area (Å²) in [7, 11) is 0. The van der Waals surface area contributed by atoms with Crippen molar-refractivity contribution in [3.05, 3.63) is 11.6 Å². The molecular formula is C9H14O. The van der Waals surface area contributed by atoms with Crippen LogP contribution in [0.2, 0.25) is 0 Å². The molecule has 0 aliphatic heterocycles. The van der Waals surface area contributed by atoms with Gasteiger partial charge in [0.05, 0.1) is 0 Å². The molecule has 0 amide bonds. The lowest BCUT2D eigenvalue weighted by molar-refractivity contribution is -0.118. The molecule has 0 N–H and O–H groups in total. The Kier molecular flexibility index (Phi) is 2.25. The van der Waals surface area contributed by atoms with E-state index < -0.39 is 0 Å². The second-order valence-electron chi connectivity index (χ2n) is 3.04. The van der Waals surface area contributed by atoms with Gasteiger partial charge in [-0.3, -0.25) is 4.79 Å². The van der Waals surface area contributed by atoms with Crippen LogP contribution in [0.15, 0.2) is 11.6 Å². The number of ketones is 1. The SMILES string of the molecule is CCC1CCC(C)=CC1=O. The quantitative estimate of drug-likeness (QED) is 0.543. The smallest absolute Gasteiger partial charge is 0.158 e. The molecule has 0 fully saturated rings. The lowest BCUT2D eigenvalue weighted by Gasteiger charge is -2.16. The normalized spacial score (nSPS) is 26.4. The van der Waals surface area contributed by atoms with E-state index in [1.165, 1.54) is 5.57 Å². The van der Waals surface area contributed by atoms with Crippen LogP contribution in [0, 0.1) is 5.92 Å². The van der Waals surface area contributed by atoms with E-state index in [1.807, 2.05) is 6.92 Å². The van der Waals surface area contributed by atoms with Gasteiger partial charge in [-0.15, -0.1) is 0 Å². The molecular weight excluding hydrogens is 124 g/mol. The van der Waals surface area contributed by atoms with Crippen molar-refractivity contribution in [2.24, 2.45) is 5.92 Å². The fourth-order valence-electron chi connectivity index (χ4n) is 1.38. The molecule has 1 nitrogen and oxygen atoms in total. The number of carbonyl (C=O) groups is 1. The van der Waals surface area contributed by atoms with Crippen molar-refractivity contribution < 1.29 is 4.79 Å². The molecule has 56 valence electrons. The first-order chi connectivity index (χ1) is 4.74. The Bertz CT molecular complexity index is 168. The number of carbonyl (C=O) groups excluding carboxylic acids is 1. The van der Waals surface area contributed by atoms with Crippen LogP contribution in [0.3, 0.4) is 0 Å². The van der Waals surface area contributed by atoms with Gasteiger partial charge in [-0.25, -0.2) is 0 Å². The van der Waals surface area contributed by atoms with E-state index in [4.69, 9.17) is 0 Å². The first-order valence-corrected chi connectivity index (χ1v) is 3.95. The van der Waals surface area contributed by atoms with Crippen LogP contribution in [0.25, 0.3) is 0 Å². The Hall–Kier alpha value is -0.590. The molecule has 1 heteroatoms. The molecule has 10 heavy (non-hydrogen) atoms. The van der Waals surface area contributed by atoms with Crippen LogP contribution in [0.1, 0.15) is 33.1 Å². The molecule has 1 atom stereocenters. The van der Waals surface area contributed by atoms with Crippen molar-refractivity contribution in [3.63, 3.8) is 0 Å². The number of hydrogen-bond donors (Lipinski definition) is 0. The van der Waals surface area contributed by atoms with Gasteiger partial charge in [0.25, 0.3) is 0 Å². The van der Waals surface area contributed by atoms with E-state index >= 15 is 0 Å². The second-order valence-corrected chi connectivity index (χ2v) is 3.04. The Balaban J connectivity index is 2.64. The van der Waals surface area contributed by atoms with E-state index in [1.54, 1.807) is 6.08 Å². The van der Waals surface area contributed by atoms with Crippen LogP contribution in [0.4, 0.5) is 0 Å². The van der Waals surface area contributed by atoms with Gasteiger partial charge < -0.3 is 0 Å². The van der Waals surface area contributed by atoms with Crippen molar-refractivity contribution in [3.8, 4) is 0 Å². The average Bonchev–Trinajstić information content (AvgIpc) is 1.88. The lowest BCUT2D eigenvalue weighted by Crippen LogP contribution is -2.15. The van der Waals surface area contributed by atoms with E-state index in [0.717, 1.165) is 19.3 Å². The molecule has 1 unspecified atom stereocenters. The fraction of sp³-hybridized carbons (Fsp3) is 0.667. The minimum absolute atomic E-state index is 0.323. The van der Waals surface area contributed by atoms with Crippen molar-refractivity contribution >= 4 is 5.78 Å². The predicted molar refractivity (Wildman–Crippen MR) is 41.8 cm³/mol. The monoisotopic (exact) mass is 138 g/mol. The lowest BCUT2D eigenvalue weighted by atomic mass is 9.87. The zero-order valence-electron chi connectivity index (χ0n) is 6.68. The zero-order valence-corrected chi connectivity index (χ0v) is 6.68. The van der Waals surface area contributed by atoms with Crippen LogP contribution in [-0.2, 0) is 4.79 Å². The highest BCUT2D eigenvalue weighted by Crippen LogP contribution is 2.22. The molecule has 0 spiro atoms. The molecule has 0 radical (unpaired) electrons. The first kappa shape index (κ1) is 7.52. The zero-order chi connectivity index (χ0) is 7.56.